The molecule has 1 saturated heterocycles. The van der Waals surface area contributed by atoms with Crippen LogP contribution in [0.1, 0.15) is 35.9 Å². The number of hydrogen-bond donors (Lipinski definition) is 1. The van der Waals surface area contributed by atoms with Gasteiger partial charge in [0.2, 0.25) is 0 Å². The average molecular weight is 331 g/mol. The lowest BCUT2D eigenvalue weighted by atomic mass is 10.1. The second-order valence-corrected chi connectivity index (χ2v) is 7.28. The number of piperidine rings is 1. The quantitative estimate of drug-likeness (QED) is 0.883. The largest absolute Gasteiger partial charge is 0.315 e. The Hall–Kier alpha value is 0.1000. The van der Waals surface area contributed by atoms with Crippen molar-refractivity contribution in [1.29, 1.82) is 0 Å². The lowest BCUT2D eigenvalue weighted by molar-refractivity contribution is 0.159. The average Bonchev–Trinajstić information content (AvgIpc) is 2.69. The van der Waals surface area contributed by atoms with E-state index >= 15 is 0 Å². The highest BCUT2D eigenvalue weighted by Gasteiger charge is 2.21. The highest BCUT2D eigenvalue weighted by Crippen LogP contribution is 2.28. The minimum Gasteiger partial charge on any atom is -0.315 e. The van der Waals surface area contributed by atoms with E-state index in [0.29, 0.717) is 0 Å². The number of nitrogens with zero attached hydrogens (tertiary/aromatic N) is 1. The monoisotopic (exact) mass is 330 g/mol. The van der Waals surface area contributed by atoms with Crippen molar-refractivity contribution in [2.45, 2.75) is 45.7 Å². The Kier molecular flexibility index (Phi) is 5.67. The molecule has 2 heterocycles. The highest BCUT2D eigenvalue weighted by molar-refractivity contribution is 9.10. The first-order valence-corrected chi connectivity index (χ1v) is 8.51. The Morgan fingerprint density at radius 2 is 2.39 bits per heavy atom. The van der Waals surface area contributed by atoms with Gasteiger partial charge < -0.3 is 5.32 Å². The summed E-state index contributed by atoms with van der Waals surface area (Å²) in [5, 5.41) is 3.53. The number of thiophene rings is 1. The van der Waals surface area contributed by atoms with Crippen molar-refractivity contribution in [2.75, 3.05) is 19.6 Å². The molecule has 0 radical (unpaired) electrons. The Morgan fingerprint density at radius 1 is 1.56 bits per heavy atom. The summed E-state index contributed by atoms with van der Waals surface area (Å²) in [5.74, 6) is 0. The van der Waals surface area contributed by atoms with Crippen molar-refractivity contribution >= 4 is 27.3 Å². The predicted octanol–water partition coefficient (Wildman–Crippen LogP) is 3.78. The van der Waals surface area contributed by atoms with Gasteiger partial charge in [0.25, 0.3) is 0 Å². The first-order valence-electron chi connectivity index (χ1n) is 6.90. The molecule has 102 valence electrons. The summed E-state index contributed by atoms with van der Waals surface area (Å²) in [6.07, 6.45) is 3.90. The molecule has 0 amide bonds. The van der Waals surface area contributed by atoms with E-state index in [4.69, 9.17) is 0 Å². The first-order chi connectivity index (χ1) is 8.70. The minimum atomic E-state index is 0.722. The molecule has 1 atom stereocenters. The fourth-order valence-electron chi connectivity index (χ4n) is 2.62. The molecule has 2 nitrogen and oxygen atoms in total. The third-order valence-corrected chi connectivity index (χ3v) is 5.69. The molecule has 4 heteroatoms. The van der Waals surface area contributed by atoms with E-state index in [-0.39, 0.29) is 0 Å². The van der Waals surface area contributed by atoms with Gasteiger partial charge in [-0.15, -0.1) is 11.3 Å². The molecule has 1 aliphatic rings. The van der Waals surface area contributed by atoms with Gasteiger partial charge in [0.15, 0.2) is 0 Å². The normalized spacial score (nSPS) is 20.6. The summed E-state index contributed by atoms with van der Waals surface area (Å²) in [5.41, 5.74) is 0. The van der Waals surface area contributed by atoms with E-state index in [1.807, 2.05) is 11.3 Å². The van der Waals surface area contributed by atoms with Crippen LogP contribution in [0.25, 0.3) is 0 Å². The Bertz CT molecular complexity index is 352. The second-order valence-electron chi connectivity index (χ2n) is 5.09. The minimum absolute atomic E-state index is 0.722. The molecule has 0 bridgehead atoms. The third-order valence-electron chi connectivity index (χ3n) is 3.57. The van der Waals surface area contributed by atoms with Crippen LogP contribution >= 0.6 is 27.3 Å². The molecular formula is C14H23BrN2S. The molecule has 18 heavy (non-hydrogen) atoms. The molecule has 0 spiro atoms. The SMILES string of the molecule is CCCN(Cc1cc(Br)c(C)s1)C1CCCNC1. The van der Waals surface area contributed by atoms with Gasteiger partial charge in [-0.3, -0.25) is 4.90 Å². The molecular weight excluding hydrogens is 308 g/mol. The van der Waals surface area contributed by atoms with E-state index in [2.05, 4.69) is 46.1 Å². The van der Waals surface area contributed by atoms with E-state index in [0.717, 1.165) is 19.1 Å². The number of nitrogens with one attached hydrogen (secondary N) is 1. The van der Waals surface area contributed by atoms with E-state index in [9.17, 15) is 0 Å². The molecule has 1 aliphatic heterocycles. The van der Waals surface area contributed by atoms with E-state index in [1.54, 1.807) is 0 Å². The van der Waals surface area contributed by atoms with Crippen LogP contribution in [0.2, 0.25) is 0 Å². The van der Waals surface area contributed by atoms with Crippen LogP contribution in [0.15, 0.2) is 10.5 Å². The van der Waals surface area contributed by atoms with Crippen molar-refractivity contribution in [3.05, 3.63) is 20.3 Å². The molecule has 1 N–H and O–H groups in total. The molecule has 1 fully saturated rings. The standard InChI is InChI=1S/C14H23BrN2S/c1-3-7-17(12-5-4-6-16-9-12)10-13-8-14(15)11(2)18-13/h8,12,16H,3-7,9-10H2,1-2H3. The van der Waals surface area contributed by atoms with Gasteiger partial charge >= 0.3 is 0 Å². The topological polar surface area (TPSA) is 15.3 Å². The fraction of sp³-hybridized carbons (Fsp3) is 0.714. The summed E-state index contributed by atoms with van der Waals surface area (Å²) in [4.78, 5) is 5.53. The van der Waals surface area contributed by atoms with Crippen LogP contribution in [-0.4, -0.2) is 30.6 Å². The zero-order valence-electron chi connectivity index (χ0n) is 11.3. The van der Waals surface area contributed by atoms with Crippen molar-refractivity contribution in [1.82, 2.24) is 10.2 Å². The smallest absolute Gasteiger partial charge is 0.0331 e. The molecule has 1 aromatic rings. The second kappa shape index (κ2) is 7.04. The van der Waals surface area contributed by atoms with Crippen LogP contribution in [0.5, 0.6) is 0 Å². The number of halogens is 1. The maximum absolute atomic E-state index is 3.62. The maximum atomic E-state index is 3.62. The van der Waals surface area contributed by atoms with E-state index in [1.165, 1.54) is 46.6 Å². The van der Waals surface area contributed by atoms with Gasteiger partial charge in [-0.2, -0.15) is 0 Å². The molecule has 2 rings (SSSR count). The number of rotatable bonds is 5. The lowest BCUT2D eigenvalue weighted by Crippen LogP contribution is -2.45. The lowest BCUT2D eigenvalue weighted by Gasteiger charge is -2.34. The Morgan fingerprint density at radius 3 is 2.94 bits per heavy atom. The van der Waals surface area contributed by atoms with Crippen LogP contribution in [-0.2, 0) is 6.54 Å². The zero-order valence-corrected chi connectivity index (χ0v) is 13.7. The van der Waals surface area contributed by atoms with Gasteiger partial charge in [0.1, 0.15) is 0 Å². The van der Waals surface area contributed by atoms with Gasteiger partial charge in [-0.1, -0.05) is 6.92 Å². The summed E-state index contributed by atoms with van der Waals surface area (Å²) in [6, 6.07) is 3.01. The Balaban J connectivity index is 2.00. The summed E-state index contributed by atoms with van der Waals surface area (Å²) in [7, 11) is 0. The predicted molar refractivity (Wildman–Crippen MR) is 83.3 cm³/mol. The van der Waals surface area contributed by atoms with Crippen LogP contribution in [0.3, 0.4) is 0 Å². The highest BCUT2D eigenvalue weighted by atomic mass is 79.9. The van der Waals surface area contributed by atoms with Crippen LogP contribution in [0, 0.1) is 6.92 Å². The number of hydrogen-bond acceptors (Lipinski definition) is 3. The molecule has 0 saturated carbocycles. The van der Waals surface area contributed by atoms with Gasteiger partial charge in [-0.05, 0) is 61.3 Å². The van der Waals surface area contributed by atoms with Crippen LogP contribution < -0.4 is 5.32 Å². The van der Waals surface area contributed by atoms with Crippen molar-refractivity contribution < 1.29 is 0 Å². The summed E-state index contributed by atoms with van der Waals surface area (Å²) in [6.45, 7) is 9.13. The molecule has 0 aromatic carbocycles. The molecule has 1 unspecified atom stereocenters. The van der Waals surface area contributed by atoms with Crippen molar-refractivity contribution in [2.24, 2.45) is 0 Å². The van der Waals surface area contributed by atoms with E-state index < -0.39 is 0 Å². The summed E-state index contributed by atoms with van der Waals surface area (Å²) >= 11 is 5.54. The Labute approximate surface area is 123 Å². The molecule has 0 aliphatic carbocycles. The zero-order chi connectivity index (χ0) is 13.0. The van der Waals surface area contributed by atoms with Gasteiger partial charge in [0, 0.05) is 33.4 Å². The first kappa shape index (κ1) is 14.5. The number of aryl methyl sites for hydroxylation is 1. The van der Waals surface area contributed by atoms with Crippen molar-refractivity contribution in [3.8, 4) is 0 Å². The van der Waals surface area contributed by atoms with Gasteiger partial charge in [-0.25, -0.2) is 0 Å². The third kappa shape index (κ3) is 3.80. The maximum Gasteiger partial charge on any atom is 0.0331 e. The van der Waals surface area contributed by atoms with Crippen molar-refractivity contribution in [3.63, 3.8) is 0 Å². The fourth-order valence-corrected chi connectivity index (χ4v) is 4.25. The molecule has 1 aromatic heterocycles. The summed E-state index contributed by atoms with van der Waals surface area (Å²) < 4.78 is 1.26. The van der Waals surface area contributed by atoms with Gasteiger partial charge in [0.05, 0.1) is 0 Å². The van der Waals surface area contributed by atoms with Crippen LogP contribution in [0.4, 0.5) is 0 Å².